The van der Waals surface area contributed by atoms with Crippen molar-refractivity contribution in [2.24, 2.45) is 5.84 Å². The lowest BCUT2D eigenvalue weighted by Crippen LogP contribution is -2.29. The van der Waals surface area contributed by atoms with Gasteiger partial charge in [0.15, 0.2) is 0 Å². The smallest absolute Gasteiger partial charge is 0.142 e. The molecule has 0 aliphatic rings. The number of ether oxygens (including phenoxy) is 1. The average Bonchev–Trinajstić information content (AvgIpc) is 2.45. The molecule has 2 rings (SSSR count). The van der Waals surface area contributed by atoms with Crippen LogP contribution in [0.1, 0.15) is 17.2 Å². The lowest BCUT2D eigenvalue weighted by Gasteiger charge is -2.18. The normalized spacial score (nSPS) is 12.2. The van der Waals surface area contributed by atoms with Gasteiger partial charge in [-0.05, 0) is 39.7 Å². The fourth-order valence-corrected chi connectivity index (χ4v) is 2.29. The molecule has 19 heavy (non-hydrogen) atoms. The number of nitrogens with two attached hydrogens (primary N) is 1. The summed E-state index contributed by atoms with van der Waals surface area (Å²) in [7, 11) is 1.60. The predicted molar refractivity (Wildman–Crippen MR) is 76.3 cm³/mol. The Kier molecular flexibility index (Phi) is 4.52. The van der Waals surface area contributed by atoms with Gasteiger partial charge in [0.1, 0.15) is 11.6 Å². The first-order chi connectivity index (χ1) is 9.17. The van der Waals surface area contributed by atoms with E-state index in [2.05, 4.69) is 21.4 Å². The summed E-state index contributed by atoms with van der Waals surface area (Å²) < 4.78 is 19.6. The minimum absolute atomic E-state index is 0.318. The lowest BCUT2D eigenvalue weighted by molar-refractivity contribution is 0.414. The van der Waals surface area contributed by atoms with Crippen molar-refractivity contribution < 1.29 is 9.13 Å². The first-order valence-electron chi connectivity index (χ1n) is 5.71. The van der Waals surface area contributed by atoms with Crippen molar-refractivity contribution in [3.05, 3.63) is 63.9 Å². The van der Waals surface area contributed by atoms with E-state index in [9.17, 15) is 4.39 Å². The van der Waals surface area contributed by atoms with Crippen LogP contribution in [0, 0.1) is 5.82 Å². The Morgan fingerprint density at radius 1 is 1.21 bits per heavy atom. The first-order valence-corrected chi connectivity index (χ1v) is 6.50. The number of halogens is 2. The van der Waals surface area contributed by atoms with E-state index in [1.807, 2.05) is 24.3 Å². The monoisotopic (exact) mass is 324 g/mol. The van der Waals surface area contributed by atoms with Crippen LogP contribution in [0.2, 0.25) is 0 Å². The Hall–Kier alpha value is -1.43. The van der Waals surface area contributed by atoms with Gasteiger partial charge in [-0.25, -0.2) is 9.82 Å². The molecule has 0 fully saturated rings. The zero-order valence-electron chi connectivity index (χ0n) is 10.4. The van der Waals surface area contributed by atoms with Gasteiger partial charge < -0.3 is 4.74 Å². The molecule has 1 atom stereocenters. The summed E-state index contributed by atoms with van der Waals surface area (Å²) in [6.07, 6.45) is 0. The number of benzene rings is 2. The Balaban J connectivity index is 2.40. The van der Waals surface area contributed by atoms with E-state index in [4.69, 9.17) is 10.6 Å². The van der Waals surface area contributed by atoms with Crippen LogP contribution in [0.25, 0.3) is 0 Å². The second-order valence-corrected chi connectivity index (χ2v) is 4.87. The highest BCUT2D eigenvalue weighted by atomic mass is 79.9. The maximum absolute atomic E-state index is 14.1. The summed E-state index contributed by atoms with van der Waals surface area (Å²) in [5.74, 6) is 5.99. The molecular weight excluding hydrogens is 311 g/mol. The van der Waals surface area contributed by atoms with Crippen molar-refractivity contribution in [3.63, 3.8) is 0 Å². The fraction of sp³-hybridized carbons (Fsp3) is 0.143. The van der Waals surface area contributed by atoms with E-state index in [0.717, 1.165) is 11.3 Å². The summed E-state index contributed by atoms with van der Waals surface area (Å²) in [5, 5.41) is 0. The van der Waals surface area contributed by atoms with Crippen molar-refractivity contribution in [2.75, 3.05) is 7.11 Å². The quantitative estimate of drug-likeness (QED) is 0.671. The highest BCUT2D eigenvalue weighted by Crippen LogP contribution is 2.28. The van der Waals surface area contributed by atoms with Crippen LogP contribution in [-0.2, 0) is 0 Å². The number of methoxy groups -OCH3 is 1. The van der Waals surface area contributed by atoms with Crippen LogP contribution in [0.4, 0.5) is 4.39 Å². The lowest BCUT2D eigenvalue weighted by atomic mass is 9.99. The number of hydrogen-bond donors (Lipinski definition) is 2. The van der Waals surface area contributed by atoms with Crippen LogP contribution in [0.15, 0.2) is 46.9 Å². The molecule has 1 unspecified atom stereocenters. The molecule has 2 aromatic carbocycles. The van der Waals surface area contributed by atoms with Gasteiger partial charge in [0.05, 0.1) is 17.6 Å². The van der Waals surface area contributed by atoms with Crippen molar-refractivity contribution in [2.45, 2.75) is 6.04 Å². The third-order valence-corrected chi connectivity index (χ3v) is 3.52. The topological polar surface area (TPSA) is 47.3 Å². The summed E-state index contributed by atoms with van der Waals surface area (Å²) in [6, 6.07) is 12.0. The summed E-state index contributed by atoms with van der Waals surface area (Å²) in [6.45, 7) is 0. The minimum atomic E-state index is -0.414. The Morgan fingerprint density at radius 3 is 2.47 bits per heavy atom. The standard InChI is InChI=1S/C14H14BrFN2O/c1-19-10-7-5-9(6-8-10)14(18-17)11-3-2-4-12(15)13(11)16/h2-8,14,18H,17H2,1H3. The SMILES string of the molecule is COc1ccc(C(NN)c2cccc(Br)c2F)cc1. The second kappa shape index (κ2) is 6.14. The molecule has 3 nitrogen and oxygen atoms in total. The zero-order chi connectivity index (χ0) is 13.8. The number of hydrogen-bond acceptors (Lipinski definition) is 3. The molecule has 0 radical (unpaired) electrons. The maximum Gasteiger partial charge on any atom is 0.142 e. The highest BCUT2D eigenvalue weighted by Gasteiger charge is 2.17. The number of rotatable bonds is 4. The molecule has 0 bridgehead atoms. The van der Waals surface area contributed by atoms with E-state index in [0.29, 0.717) is 10.0 Å². The Bertz CT molecular complexity index is 560. The Morgan fingerprint density at radius 2 is 1.89 bits per heavy atom. The molecular formula is C14H14BrFN2O. The summed E-state index contributed by atoms with van der Waals surface area (Å²) in [4.78, 5) is 0. The highest BCUT2D eigenvalue weighted by molar-refractivity contribution is 9.10. The van der Waals surface area contributed by atoms with Crippen molar-refractivity contribution in [1.82, 2.24) is 5.43 Å². The molecule has 0 aliphatic heterocycles. The van der Waals surface area contributed by atoms with Crippen molar-refractivity contribution in [3.8, 4) is 5.75 Å². The van der Waals surface area contributed by atoms with Gasteiger partial charge in [-0.15, -0.1) is 0 Å². The van der Waals surface area contributed by atoms with Crippen LogP contribution in [0.3, 0.4) is 0 Å². The molecule has 0 aromatic heterocycles. The molecule has 2 aromatic rings. The Labute approximate surface area is 119 Å². The molecule has 100 valence electrons. The molecule has 0 aliphatic carbocycles. The second-order valence-electron chi connectivity index (χ2n) is 4.02. The summed E-state index contributed by atoms with van der Waals surface area (Å²) in [5.41, 5.74) is 3.99. The van der Waals surface area contributed by atoms with E-state index in [-0.39, 0.29) is 5.82 Å². The fourth-order valence-electron chi connectivity index (χ4n) is 1.91. The average molecular weight is 325 g/mol. The molecule has 0 saturated heterocycles. The van der Waals surface area contributed by atoms with Gasteiger partial charge in [0, 0.05) is 5.56 Å². The predicted octanol–water partition coefficient (Wildman–Crippen LogP) is 3.15. The van der Waals surface area contributed by atoms with Gasteiger partial charge in [-0.1, -0.05) is 24.3 Å². The van der Waals surface area contributed by atoms with E-state index < -0.39 is 6.04 Å². The minimum Gasteiger partial charge on any atom is -0.497 e. The van der Waals surface area contributed by atoms with E-state index >= 15 is 0 Å². The van der Waals surface area contributed by atoms with Gasteiger partial charge in [-0.2, -0.15) is 0 Å². The molecule has 0 amide bonds. The third-order valence-electron chi connectivity index (χ3n) is 2.91. The maximum atomic E-state index is 14.1. The van der Waals surface area contributed by atoms with Crippen LogP contribution >= 0.6 is 15.9 Å². The van der Waals surface area contributed by atoms with Gasteiger partial charge in [0.2, 0.25) is 0 Å². The molecule has 0 spiro atoms. The van der Waals surface area contributed by atoms with Crippen molar-refractivity contribution >= 4 is 15.9 Å². The van der Waals surface area contributed by atoms with Gasteiger partial charge in [-0.3, -0.25) is 5.84 Å². The summed E-state index contributed by atoms with van der Waals surface area (Å²) >= 11 is 3.18. The third kappa shape index (κ3) is 2.94. The van der Waals surface area contributed by atoms with Gasteiger partial charge >= 0.3 is 0 Å². The largest absolute Gasteiger partial charge is 0.497 e. The van der Waals surface area contributed by atoms with Gasteiger partial charge in [0.25, 0.3) is 0 Å². The molecule has 0 saturated carbocycles. The zero-order valence-corrected chi connectivity index (χ0v) is 11.9. The van der Waals surface area contributed by atoms with Crippen LogP contribution in [-0.4, -0.2) is 7.11 Å². The van der Waals surface area contributed by atoms with E-state index in [1.165, 1.54) is 0 Å². The number of nitrogens with one attached hydrogen (secondary N) is 1. The first kappa shape index (κ1) is 14.0. The van der Waals surface area contributed by atoms with Crippen molar-refractivity contribution in [1.29, 1.82) is 0 Å². The van der Waals surface area contributed by atoms with Crippen LogP contribution in [0.5, 0.6) is 5.75 Å². The molecule has 0 heterocycles. The van der Waals surface area contributed by atoms with E-state index in [1.54, 1.807) is 25.3 Å². The number of hydrazine groups is 1. The molecule has 5 heteroatoms. The molecule has 3 N–H and O–H groups in total. The van der Waals surface area contributed by atoms with Crippen LogP contribution < -0.4 is 16.0 Å².